The summed E-state index contributed by atoms with van der Waals surface area (Å²) >= 11 is 1.72. The molecule has 1 aliphatic heterocycles. The Morgan fingerprint density at radius 2 is 1.97 bits per heavy atom. The number of hydrogen-bond donors (Lipinski definition) is 1. The van der Waals surface area contributed by atoms with E-state index in [1.54, 1.807) is 23.7 Å². The van der Waals surface area contributed by atoms with Gasteiger partial charge in [-0.1, -0.05) is 6.92 Å². The third-order valence-electron chi connectivity index (χ3n) is 5.72. The van der Waals surface area contributed by atoms with Crippen molar-refractivity contribution in [2.75, 3.05) is 31.1 Å². The molecule has 1 atom stereocenters. The molecular formula is C21H27N5O2S. The van der Waals surface area contributed by atoms with E-state index in [1.807, 2.05) is 24.0 Å². The Hall–Kier alpha value is -2.48. The SMILES string of the molecule is CCC(=O)N1CCN(c2nc3c(s2)C[C@@H](C(=O)NCc2ccncc2)CC3)CC1. The molecule has 0 unspecified atom stereocenters. The van der Waals surface area contributed by atoms with Crippen molar-refractivity contribution in [3.63, 3.8) is 0 Å². The van der Waals surface area contributed by atoms with Gasteiger partial charge in [0, 0.05) is 62.3 Å². The van der Waals surface area contributed by atoms with E-state index in [0.717, 1.165) is 61.8 Å². The number of fused-ring (bicyclic) bond motifs is 1. The van der Waals surface area contributed by atoms with E-state index in [-0.39, 0.29) is 17.7 Å². The van der Waals surface area contributed by atoms with Crippen molar-refractivity contribution >= 4 is 28.3 Å². The Morgan fingerprint density at radius 1 is 1.21 bits per heavy atom. The number of carbonyl (C=O) groups is 2. The van der Waals surface area contributed by atoms with Gasteiger partial charge in [-0.2, -0.15) is 0 Å². The fraction of sp³-hybridized carbons (Fsp3) is 0.524. The minimum absolute atomic E-state index is 0.0108. The van der Waals surface area contributed by atoms with Crippen molar-refractivity contribution in [2.45, 2.75) is 39.2 Å². The Kier molecular flexibility index (Phi) is 6.08. The molecule has 154 valence electrons. The molecule has 2 aliphatic rings. The first kappa shape index (κ1) is 19.8. The number of hydrogen-bond acceptors (Lipinski definition) is 6. The highest BCUT2D eigenvalue weighted by Gasteiger charge is 2.29. The standard InChI is InChI=1S/C21H27N5O2S/c1-2-19(27)25-9-11-26(12-10-25)21-24-17-4-3-16(13-18(17)29-21)20(28)23-14-15-5-7-22-8-6-15/h5-8,16H,2-4,9-14H2,1H3,(H,23,28)/t16-/m0/s1. The van der Waals surface area contributed by atoms with Crippen molar-refractivity contribution in [1.29, 1.82) is 0 Å². The summed E-state index contributed by atoms with van der Waals surface area (Å²) < 4.78 is 0. The minimum Gasteiger partial charge on any atom is -0.352 e. The molecule has 8 heteroatoms. The van der Waals surface area contributed by atoms with Crippen LogP contribution in [0.3, 0.4) is 0 Å². The van der Waals surface area contributed by atoms with E-state index in [0.29, 0.717) is 13.0 Å². The van der Waals surface area contributed by atoms with Gasteiger partial charge in [0.25, 0.3) is 0 Å². The maximum atomic E-state index is 12.6. The van der Waals surface area contributed by atoms with Gasteiger partial charge in [0.05, 0.1) is 5.69 Å². The smallest absolute Gasteiger partial charge is 0.223 e. The molecule has 1 aliphatic carbocycles. The van der Waals surface area contributed by atoms with Gasteiger partial charge in [0.15, 0.2) is 5.13 Å². The van der Waals surface area contributed by atoms with Crippen molar-refractivity contribution in [3.8, 4) is 0 Å². The summed E-state index contributed by atoms with van der Waals surface area (Å²) in [6.07, 6.45) is 6.51. The molecule has 0 aromatic carbocycles. The summed E-state index contributed by atoms with van der Waals surface area (Å²) in [5.41, 5.74) is 2.21. The highest BCUT2D eigenvalue weighted by atomic mass is 32.1. The zero-order valence-electron chi connectivity index (χ0n) is 16.8. The van der Waals surface area contributed by atoms with Gasteiger partial charge in [-0.05, 0) is 37.0 Å². The van der Waals surface area contributed by atoms with E-state index >= 15 is 0 Å². The maximum Gasteiger partial charge on any atom is 0.223 e. The van der Waals surface area contributed by atoms with Crippen molar-refractivity contribution in [1.82, 2.24) is 20.2 Å². The monoisotopic (exact) mass is 413 g/mol. The summed E-state index contributed by atoms with van der Waals surface area (Å²) in [5.74, 6) is 0.356. The number of anilines is 1. The predicted octanol–water partition coefficient (Wildman–Crippen LogP) is 2.02. The first-order valence-corrected chi connectivity index (χ1v) is 11.1. The van der Waals surface area contributed by atoms with E-state index < -0.39 is 0 Å². The van der Waals surface area contributed by atoms with Crippen LogP contribution in [0, 0.1) is 5.92 Å². The van der Waals surface area contributed by atoms with Crippen molar-refractivity contribution in [3.05, 3.63) is 40.7 Å². The molecule has 2 aromatic rings. The molecule has 2 aromatic heterocycles. The largest absolute Gasteiger partial charge is 0.352 e. The predicted molar refractivity (Wildman–Crippen MR) is 113 cm³/mol. The van der Waals surface area contributed by atoms with Crippen LogP contribution in [0.4, 0.5) is 5.13 Å². The zero-order valence-corrected chi connectivity index (χ0v) is 17.6. The van der Waals surface area contributed by atoms with Gasteiger partial charge in [0.2, 0.25) is 11.8 Å². The lowest BCUT2D eigenvalue weighted by Crippen LogP contribution is -2.48. The first-order valence-electron chi connectivity index (χ1n) is 10.3. The van der Waals surface area contributed by atoms with Gasteiger partial charge in [0.1, 0.15) is 0 Å². The van der Waals surface area contributed by atoms with Crippen LogP contribution >= 0.6 is 11.3 Å². The number of amides is 2. The van der Waals surface area contributed by atoms with Crippen molar-refractivity contribution < 1.29 is 9.59 Å². The molecule has 0 spiro atoms. The Morgan fingerprint density at radius 3 is 2.69 bits per heavy atom. The summed E-state index contributed by atoms with van der Waals surface area (Å²) in [5, 5.41) is 4.10. The van der Waals surface area contributed by atoms with E-state index in [2.05, 4.69) is 15.2 Å². The number of aromatic nitrogens is 2. The molecule has 7 nitrogen and oxygen atoms in total. The Balaban J connectivity index is 1.33. The second-order valence-corrected chi connectivity index (χ2v) is 8.66. The number of aryl methyl sites for hydroxylation is 1. The van der Waals surface area contributed by atoms with Crippen LogP contribution in [0.1, 0.15) is 35.9 Å². The molecule has 0 radical (unpaired) electrons. The third kappa shape index (κ3) is 4.58. The van der Waals surface area contributed by atoms with Gasteiger partial charge in [-0.15, -0.1) is 11.3 Å². The maximum absolute atomic E-state index is 12.6. The van der Waals surface area contributed by atoms with Crippen LogP contribution in [0.5, 0.6) is 0 Å². The van der Waals surface area contributed by atoms with E-state index in [9.17, 15) is 9.59 Å². The van der Waals surface area contributed by atoms with Gasteiger partial charge >= 0.3 is 0 Å². The normalized spacial score (nSPS) is 19.0. The molecule has 0 bridgehead atoms. The number of nitrogens with one attached hydrogen (secondary N) is 1. The summed E-state index contributed by atoms with van der Waals surface area (Å²) in [6.45, 7) is 5.63. The number of rotatable bonds is 5. The molecule has 1 N–H and O–H groups in total. The van der Waals surface area contributed by atoms with Crippen LogP contribution in [0.15, 0.2) is 24.5 Å². The molecule has 1 fully saturated rings. The van der Waals surface area contributed by atoms with Crippen LogP contribution in [0.2, 0.25) is 0 Å². The fourth-order valence-electron chi connectivity index (χ4n) is 3.93. The zero-order chi connectivity index (χ0) is 20.2. The summed E-state index contributed by atoms with van der Waals surface area (Å²) in [7, 11) is 0. The van der Waals surface area contributed by atoms with Crippen LogP contribution < -0.4 is 10.2 Å². The average molecular weight is 414 g/mol. The number of thiazole rings is 1. The van der Waals surface area contributed by atoms with E-state index in [4.69, 9.17) is 4.98 Å². The molecule has 29 heavy (non-hydrogen) atoms. The molecule has 3 heterocycles. The second kappa shape index (κ2) is 8.90. The fourth-order valence-corrected chi connectivity index (χ4v) is 5.16. The number of pyridine rings is 1. The lowest BCUT2D eigenvalue weighted by atomic mass is 9.90. The molecule has 1 saturated heterocycles. The minimum atomic E-state index is 0.0108. The number of carbonyl (C=O) groups excluding carboxylic acids is 2. The van der Waals surface area contributed by atoms with Crippen LogP contribution in [-0.4, -0.2) is 52.9 Å². The Labute approximate surface area is 175 Å². The average Bonchev–Trinajstić information content (AvgIpc) is 3.21. The van der Waals surface area contributed by atoms with Gasteiger partial charge in [-0.3, -0.25) is 14.6 Å². The van der Waals surface area contributed by atoms with Gasteiger partial charge < -0.3 is 15.1 Å². The van der Waals surface area contributed by atoms with Crippen LogP contribution in [-0.2, 0) is 29.0 Å². The second-order valence-electron chi connectivity index (χ2n) is 7.60. The van der Waals surface area contributed by atoms with Crippen molar-refractivity contribution in [2.24, 2.45) is 5.92 Å². The molecular weight excluding hydrogens is 386 g/mol. The number of piperazine rings is 1. The quantitative estimate of drug-likeness (QED) is 0.811. The van der Waals surface area contributed by atoms with Gasteiger partial charge in [-0.25, -0.2) is 4.98 Å². The number of nitrogens with zero attached hydrogens (tertiary/aromatic N) is 4. The highest BCUT2D eigenvalue weighted by Crippen LogP contribution is 2.34. The lowest BCUT2D eigenvalue weighted by molar-refractivity contribution is -0.131. The lowest BCUT2D eigenvalue weighted by Gasteiger charge is -2.34. The highest BCUT2D eigenvalue weighted by molar-refractivity contribution is 7.15. The topological polar surface area (TPSA) is 78.4 Å². The molecule has 0 saturated carbocycles. The molecule has 4 rings (SSSR count). The van der Waals surface area contributed by atoms with E-state index in [1.165, 1.54) is 4.88 Å². The molecule has 2 amide bonds. The van der Waals surface area contributed by atoms with Crippen LogP contribution in [0.25, 0.3) is 0 Å². The summed E-state index contributed by atoms with van der Waals surface area (Å²) in [4.78, 5) is 38.8. The third-order valence-corrected chi connectivity index (χ3v) is 6.90. The summed E-state index contributed by atoms with van der Waals surface area (Å²) in [6, 6.07) is 3.84. The first-order chi connectivity index (χ1) is 14.1. The Bertz CT molecular complexity index is 861.